The summed E-state index contributed by atoms with van der Waals surface area (Å²) in [6, 6.07) is 3.45. The Hall–Kier alpha value is -2.55. The lowest BCUT2D eigenvalue weighted by Crippen LogP contribution is -2.07. The summed E-state index contributed by atoms with van der Waals surface area (Å²) in [5.74, 6) is 0.877. The summed E-state index contributed by atoms with van der Waals surface area (Å²) >= 11 is 0. The fraction of sp³-hybridized carbons (Fsp3) is 0.462. The standard InChI is InChI=1S/C13H14N4O5/c18-16(19)9-1-2-12(13(6-9)17(20)21)15-14-11-3-4-22-7-8-5-10(8)11/h1-2,6,8,10,15H,3-5,7H2/b14-11+/t8-,10+/m0/s1. The zero-order valence-corrected chi connectivity index (χ0v) is 11.6. The van der Waals surface area contributed by atoms with Crippen LogP contribution in [0, 0.1) is 32.1 Å². The quantitative estimate of drug-likeness (QED) is 0.673. The molecule has 0 aromatic heterocycles. The number of nitro groups is 2. The molecule has 0 unspecified atom stereocenters. The first kappa shape index (κ1) is 14.4. The minimum atomic E-state index is -0.667. The summed E-state index contributed by atoms with van der Waals surface area (Å²) in [6.07, 6.45) is 1.72. The highest BCUT2D eigenvalue weighted by Crippen LogP contribution is 2.42. The van der Waals surface area contributed by atoms with Crippen molar-refractivity contribution in [2.45, 2.75) is 12.8 Å². The van der Waals surface area contributed by atoms with E-state index in [9.17, 15) is 20.2 Å². The normalized spacial score (nSPS) is 25.2. The van der Waals surface area contributed by atoms with Crippen LogP contribution in [0.4, 0.5) is 17.1 Å². The van der Waals surface area contributed by atoms with E-state index in [2.05, 4.69) is 10.5 Å². The van der Waals surface area contributed by atoms with Gasteiger partial charge in [0.2, 0.25) is 0 Å². The Morgan fingerprint density at radius 2 is 2.09 bits per heavy atom. The number of nitro benzene ring substituents is 2. The minimum absolute atomic E-state index is 0.144. The number of nitrogens with zero attached hydrogens (tertiary/aromatic N) is 3. The fourth-order valence-corrected chi connectivity index (χ4v) is 2.59. The van der Waals surface area contributed by atoms with Gasteiger partial charge in [0.25, 0.3) is 5.69 Å². The lowest BCUT2D eigenvalue weighted by molar-refractivity contribution is -0.393. The van der Waals surface area contributed by atoms with Crippen molar-refractivity contribution >= 4 is 22.8 Å². The van der Waals surface area contributed by atoms with E-state index < -0.39 is 9.85 Å². The van der Waals surface area contributed by atoms with E-state index in [-0.39, 0.29) is 17.1 Å². The molecule has 116 valence electrons. The summed E-state index contributed by atoms with van der Waals surface area (Å²) in [6.45, 7) is 1.33. The first-order valence-electron chi connectivity index (χ1n) is 6.89. The largest absolute Gasteiger partial charge is 0.381 e. The Balaban J connectivity index is 1.82. The van der Waals surface area contributed by atoms with Crippen molar-refractivity contribution in [1.29, 1.82) is 0 Å². The second kappa shape index (κ2) is 5.68. The Labute approximate surface area is 125 Å². The maximum absolute atomic E-state index is 11.0. The lowest BCUT2D eigenvalue weighted by Gasteiger charge is -2.05. The van der Waals surface area contributed by atoms with E-state index in [0.29, 0.717) is 24.9 Å². The Morgan fingerprint density at radius 3 is 2.82 bits per heavy atom. The first-order chi connectivity index (χ1) is 10.6. The zero-order valence-electron chi connectivity index (χ0n) is 11.6. The molecule has 3 rings (SSSR count). The lowest BCUT2D eigenvalue weighted by atomic mass is 10.2. The predicted molar refractivity (Wildman–Crippen MR) is 77.8 cm³/mol. The molecule has 9 heteroatoms. The molecule has 1 saturated carbocycles. The van der Waals surface area contributed by atoms with Gasteiger partial charge in [0, 0.05) is 24.1 Å². The predicted octanol–water partition coefficient (Wildman–Crippen LogP) is 2.33. The summed E-state index contributed by atoms with van der Waals surface area (Å²) in [7, 11) is 0. The highest BCUT2D eigenvalue weighted by Gasteiger charge is 2.42. The molecule has 2 fully saturated rings. The van der Waals surface area contributed by atoms with Crippen LogP contribution in [0.3, 0.4) is 0 Å². The number of hydrazone groups is 1. The molecule has 0 spiro atoms. The van der Waals surface area contributed by atoms with Crippen LogP contribution >= 0.6 is 0 Å². The van der Waals surface area contributed by atoms with Gasteiger partial charge in [-0.3, -0.25) is 25.7 Å². The number of rotatable bonds is 4. The molecule has 1 saturated heterocycles. The van der Waals surface area contributed by atoms with Gasteiger partial charge in [0.05, 0.1) is 29.1 Å². The van der Waals surface area contributed by atoms with E-state index in [0.717, 1.165) is 24.8 Å². The molecule has 0 amide bonds. The highest BCUT2D eigenvalue weighted by molar-refractivity contribution is 5.90. The third kappa shape index (κ3) is 2.89. The smallest absolute Gasteiger partial charge is 0.301 e. The summed E-state index contributed by atoms with van der Waals surface area (Å²) in [5.41, 5.74) is 3.08. The molecule has 1 aromatic carbocycles. The number of ether oxygens (including phenoxy) is 1. The van der Waals surface area contributed by atoms with Crippen LogP contribution in [0.25, 0.3) is 0 Å². The van der Waals surface area contributed by atoms with Crippen molar-refractivity contribution in [3.63, 3.8) is 0 Å². The number of hydrogen-bond acceptors (Lipinski definition) is 7. The molecule has 1 heterocycles. The molecular weight excluding hydrogens is 292 g/mol. The topological polar surface area (TPSA) is 120 Å². The van der Waals surface area contributed by atoms with E-state index >= 15 is 0 Å². The minimum Gasteiger partial charge on any atom is -0.381 e. The molecule has 22 heavy (non-hydrogen) atoms. The summed E-state index contributed by atoms with van der Waals surface area (Å²) in [4.78, 5) is 20.4. The van der Waals surface area contributed by atoms with Crippen molar-refractivity contribution in [3.8, 4) is 0 Å². The molecular formula is C13H14N4O5. The average molecular weight is 306 g/mol. The summed E-state index contributed by atoms with van der Waals surface area (Å²) < 4.78 is 5.44. The van der Waals surface area contributed by atoms with Gasteiger partial charge in [-0.1, -0.05) is 0 Å². The molecule has 0 radical (unpaired) electrons. The third-order valence-corrected chi connectivity index (χ3v) is 3.89. The second-order valence-electron chi connectivity index (χ2n) is 5.36. The van der Waals surface area contributed by atoms with Gasteiger partial charge in [-0.25, -0.2) is 0 Å². The molecule has 1 aromatic rings. The van der Waals surface area contributed by atoms with Gasteiger partial charge >= 0.3 is 5.69 Å². The summed E-state index contributed by atoms with van der Waals surface area (Å²) in [5, 5.41) is 26.0. The third-order valence-electron chi connectivity index (χ3n) is 3.89. The fourth-order valence-electron chi connectivity index (χ4n) is 2.59. The van der Waals surface area contributed by atoms with Crippen LogP contribution in [0.5, 0.6) is 0 Å². The number of hydrogen-bond donors (Lipinski definition) is 1. The number of non-ortho nitro benzene ring substituents is 1. The molecule has 1 aliphatic heterocycles. The second-order valence-corrected chi connectivity index (χ2v) is 5.36. The van der Waals surface area contributed by atoms with Crippen LogP contribution in [-0.4, -0.2) is 28.8 Å². The monoisotopic (exact) mass is 306 g/mol. The highest BCUT2D eigenvalue weighted by atomic mass is 16.6. The first-order valence-corrected chi connectivity index (χ1v) is 6.89. The van der Waals surface area contributed by atoms with Gasteiger partial charge in [-0.2, -0.15) is 5.10 Å². The van der Waals surface area contributed by atoms with Gasteiger partial charge in [0.1, 0.15) is 5.69 Å². The molecule has 2 aliphatic rings. The van der Waals surface area contributed by atoms with Crippen LogP contribution in [0.1, 0.15) is 12.8 Å². The van der Waals surface area contributed by atoms with Crippen molar-refractivity contribution in [2.24, 2.45) is 16.9 Å². The SMILES string of the molecule is O=[N+]([O-])c1ccc(N/N=C2\CCOC[C@@H]3C[C@@H]23)c([N+](=O)[O-])c1. The van der Waals surface area contributed by atoms with Crippen molar-refractivity contribution < 1.29 is 14.6 Å². The Kier molecular flexibility index (Phi) is 3.72. The molecule has 1 N–H and O–H groups in total. The number of fused-ring (bicyclic) bond motifs is 1. The van der Waals surface area contributed by atoms with E-state index in [4.69, 9.17) is 4.74 Å². The number of benzene rings is 1. The average Bonchev–Trinajstić information content (AvgIpc) is 3.25. The van der Waals surface area contributed by atoms with Crippen molar-refractivity contribution in [1.82, 2.24) is 0 Å². The van der Waals surface area contributed by atoms with E-state index in [1.807, 2.05) is 0 Å². The Morgan fingerprint density at radius 1 is 1.27 bits per heavy atom. The van der Waals surface area contributed by atoms with E-state index in [1.54, 1.807) is 0 Å². The van der Waals surface area contributed by atoms with Crippen molar-refractivity contribution in [3.05, 3.63) is 38.4 Å². The van der Waals surface area contributed by atoms with E-state index in [1.165, 1.54) is 12.1 Å². The molecule has 1 aliphatic carbocycles. The van der Waals surface area contributed by atoms with Crippen LogP contribution in [0.2, 0.25) is 0 Å². The maximum atomic E-state index is 11.0. The van der Waals surface area contributed by atoms with Gasteiger partial charge < -0.3 is 4.74 Å². The molecule has 9 nitrogen and oxygen atoms in total. The number of anilines is 1. The van der Waals surface area contributed by atoms with Crippen molar-refractivity contribution in [2.75, 3.05) is 18.6 Å². The molecule has 0 bridgehead atoms. The van der Waals surface area contributed by atoms with Crippen LogP contribution < -0.4 is 5.43 Å². The zero-order chi connectivity index (χ0) is 15.7. The van der Waals surface area contributed by atoms with Gasteiger partial charge in [-0.15, -0.1) is 0 Å². The maximum Gasteiger partial charge on any atom is 0.301 e. The van der Waals surface area contributed by atoms with Gasteiger partial charge in [0.15, 0.2) is 0 Å². The van der Waals surface area contributed by atoms with Crippen LogP contribution in [-0.2, 0) is 4.74 Å². The Bertz CT molecular complexity index is 660. The number of nitrogens with one attached hydrogen (secondary N) is 1. The van der Waals surface area contributed by atoms with Crippen LogP contribution in [0.15, 0.2) is 23.3 Å². The molecule has 2 atom stereocenters. The van der Waals surface area contributed by atoms with Gasteiger partial charge in [-0.05, 0) is 18.4 Å².